The summed E-state index contributed by atoms with van der Waals surface area (Å²) in [5, 5.41) is 10.3. The third-order valence-corrected chi connectivity index (χ3v) is 6.55. The van der Waals surface area contributed by atoms with Gasteiger partial charge in [-0.25, -0.2) is 13.4 Å². The van der Waals surface area contributed by atoms with Crippen molar-refractivity contribution >= 4 is 39.8 Å². The van der Waals surface area contributed by atoms with Gasteiger partial charge in [0.05, 0.1) is 22.7 Å². The van der Waals surface area contributed by atoms with Crippen LogP contribution in [0.3, 0.4) is 0 Å². The molecule has 7 nitrogen and oxygen atoms in total. The molecule has 152 valence electrons. The fourth-order valence-corrected chi connectivity index (χ4v) is 3.21. The van der Waals surface area contributed by atoms with Gasteiger partial charge < -0.3 is 15.2 Å². The van der Waals surface area contributed by atoms with Crippen molar-refractivity contribution in [3.63, 3.8) is 0 Å². The summed E-state index contributed by atoms with van der Waals surface area (Å²) in [6.07, 6.45) is 1.56. The van der Waals surface area contributed by atoms with Crippen LogP contribution in [0.4, 0.5) is 0 Å². The van der Waals surface area contributed by atoms with Gasteiger partial charge in [0.2, 0.25) is 0 Å². The van der Waals surface area contributed by atoms with Crippen molar-refractivity contribution in [2.75, 3.05) is 18.8 Å². The molecule has 1 heterocycles. The van der Waals surface area contributed by atoms with Gasteiger partial charge in [0.15, 0.2) is 15.8 Å². The standard InChI is InChI=1S/C17H32N4O3S.HI/c1-7-14-13(15(8-2)24-21-14)12-20-16(18-9-3)19-10-11-25(22,23)17(4,5)6;/h7-12H2,1-6H3,(H2,18,19,20);1H. The van der Waals surface area contributed by atoms with E-state index >= 15 is 0 Å². The molecule has 2 N–H and O–H groups in total. The van der Waals surface area contributed by atoms with Crippen LogP contribution < -0.4 is 10.6 Å². The van der Waals surface area contributed by atoms with E-state index in [1.165, 1.54) is 0 Å². The summed E-state index contributed by atoms with van der Waals surface area (Å²) < 4.78 is 29.0. The second-order valence-electron chi connectivity index (χ2n) is 6.79. The highest BCUT2D eigenvalue weighted by atomic mass is 127. The summed E-state index contributed by atoms with van der Waals surface area (Å²) >= 11 is 0. The summed E-state index contributed by atoms with van der Waals surface area (Å²) in [5.41, 5.74) is 1.94. The lowest BCUT2D eigenvalue weighted by molar-refractivity contribution is 0.380. The topological polar surface area (TPSA) is 96.6 Å². The molecule has 0 unspecified atom stereocenters. The van der Waals surface area contributed by atoms with Crippen LogP contribution >= 0.6 is 24.0 Å². The van der Waals surface area contributed by atoms with E-state index in [1.807, 2.05) is 20.8 Å². The third kappa shape index (κ3) is 7.05. The molecule has 1 aromatic rings. The molecule has 0 saturated carbocycles. The Balaban J connectivity index is 0.00000625. The van der Waals surface area contributed by atoms with Gasteiger partial charge in [-0.3, -0.25) is 0 Å². The van der Waals surface area contributed by atoms with Crippen molar-refractivity contribution < 1.29 is 12.9 Å². The Morgan fingerprint density at radius 1 is 1.15 bits per heavy atom. The number of hydrogen-bond acceptors (Lipinski definition) is 5. The van der Waals surface area contributed by atoms with Crippen molar-refractivity contribution in [2.24, 2.45) is 4.99 Å². The van der Waals surface area contributed by atoms with Gasteiger partial charge in [-0.1, -0.05) is 19.0 Å². The van der Waals surface area contributed by atoms with Crippen molar-refractivity contribution in [3.05, 3.63) is 17.0 Å². The van der Waals surface area contributed by atoms with E-state index in [9.17, 15) is 8.42 Å². The van der Waals surface area contributed by atoms with Gasteiger partial charge in [-0.05, 0) is 34.1 Å². The Morgan fingerprint density at radius 3 is 2.31 bits per heavy atom. The van der Waals surface area contributed by atoms with Crippen LogP contribution in [0.1, 0.15) is 58.6 Å². The maximum Gasteiger partial charge on any atom is 0.191 e. The maximum absolute atomic E-state index is 12.2. The van der Waals surface area contributed by atoms with Crippen LogP contribution in [0.25, 0.3) is 0 Å². The Labute approximate surface area is 174 Å². The first-order valence-electron chi connectivity index (χ1n) is 8.87. The number of halogens is 1. The number of aryl methyl sites for hydroxylation is 2. The summed E-state index contributed by atoms with van der Waals surface area (Å²) in [4.78, 5) is 4.55. The molecule has 0 amide bonds. The molecule has 0 aromatic carbocycles. The first-order chi connectivity index (χ1) is 11.7. The summed E-state index contributed by atoms with van der Waals surface area (Å²) in [5.74, 6) is 1.51. The zero-order valence-electron chi connectivity index (χ0n) is 16.7. The fraction of sp³-hybridized carbons (Fsp3) is 0.765. The van der Waals surface area contributed by atoms with E-state index in [2.05, 4.69) is 20.8 Å². The minimum atomic E-state index is -3.16. The average molecular weight is 500 g/mol. The molecule has 0 radical (unpaired) electrons. The van der Waals surface area contributed by atoms with E-state index < -0.39 is 14.6 Å². The predicted octanol–water partition coefficient (Wildman–Crippen LogP) is 2.69. The number of aromatic nitrogens is 1. The highest BCUT2D eigenvalue weighted by Crippen LogP contribution is 2.17. The van der Waals surface area contributed by atoms with E-state index in [-0.39, 0.29) is 29.7 Å². The Kier molecular flexibility index (Phi) is 10.7. The minimum absolute atomic E-state index is 0. The molecule has 9 heteroatoms. The first-order valence-corrected chi connectivity index (χ1v) is 10.5. The van der Waals surface area contributed by atoms with Gasteiger partial charge in [-0.2, -0.15) is 0 Å². The zero-order valence-corrected chi connectivity index (χ0v) is 19.8. The lowest BCUT2D eigenvalue weighted by Gasteiger charge is -2.19. The minimum Gasteiger partial charge on any atom is -0.361 e. The smallest absolute Gasteiger partial charge is 0.191 e. The monoisotopic (exact) mass is 500 g/mol. The molecule has 1 aromatic heterocycles. The lowest BCUT2D eigenvalue weighted by atomic mass is 10.1. The molecule has 0 atom stereocenters. The van der Waals surface area contributed by atoms with Gasteiger partial charge >= 0.3 is 0 Å². The van der Waals surface area contributed by atoms with Crippen molar-refractivity contribution in [2.45, 2.75) is 65.7 Å². The van der Waals surface area contributed by atoms with Crippen LogP contribution in [0.15, 0.2) is 9.52 Å². The van der Waals surface area contributed by atoms with E-state index in [0.29, 0.717) is 25.6 Å². The highest BCUT2D eigenvalue weighted by Gasteiger charge is 2.28. The molecule has 0 aliphatic heterocycles. The van der Waals surface area contributed by atoms with Crippen molar-refractivity contribution in [1.82, 2.24) is 15.8 Å². The summed E-state index contributed by atoms with van der Waals surface area (Å²) in [7, 11) is -3.16. The van der Waals surface area contributed by atoms with Crippen LogP contribution in [0, 0.1) is 0 Å². The van der Waals surface area contributed by atoms with Gasteiger partial charge in [0, 0.05) is 25.1 Å². The summed E-state index contributed by atoms with van der Waals surface area (Å²) in [6.45, 7) is 12.6. The van der Waals surface area contributed by atoms with E-state index in [1.54, 1.807) is 20.8 Å². The first kappa shape index (κ1) is 25.2. The Morgan fingerprint density at radius 2 is 1.81 bits per heavy atom. The van der Waals surface area contributed by atoms with E-state index in [0.717, 1.165) is 29.9 Å². The number of nitrogens with zero attached hydrogens (tertiary/aromatic N) is 2. The van der Waals surface area contributed by atoms with Crippen LogP contribution in [-0.4, -0.2) is 43.1 Å². The number of rotatable bonds is 8. The van der Waals surface area contributed by atoms with Crippen molar-refractivity contribution in [1.29, 1.82) is 0 Å². The molecular weight excluding hydrogens is 467 g/mol. The number of nitrogens with one attached hydrogen (secondary N) is 2. The SMILES string of the molecule is CCNC(=NCc1c(CC)noc1CC)NCCS(=O)(=O)C(C)(C)C.I. The second-order valence-corrected chi connectivity index (χ2v) is 9.65. The number of hydrogen-bond donors (Lipinski definition) is 2. The molecule has 26 heavy (non-hydrogen) atoms. The Bertz CT molecular complexity index is 657. The molecule has 0 aliphatic carbocycles. The molecule has 0 aliphatic rings. The number of aliphatic imine (C=N–C) groups is 1. The zero-order chi connectivity index (χ0) is 19.1. The molecule has 1 rings (SSSR count). The molecule has 0 spiro atoms. The van der Waals surface area contributed by atoms with Crippen LogP contribution in [0.2, 0.25) is 0 Å². The number of guanidine groups is 1. The average Bonchev–Trinajstić information content (AvgIpc) is 2.93. The largest absolute Gasteiger partial charge is 0.361 e. The molecule has 0 fully saturated rings. The third-order valence-electron chi connectivity index (χ3n) is 3.94. The van der Waals surface area contributed by atoms with Crippen LogP contribution in [0.5, 0.6) is 0 Å². The van der Waals surface area contributed by atoms with Gasteiger partial charge in [0.25, 0.3) is 0 Å². The summed E-state index contributed by atoms with van der Waals surface area (Å²) in [6, 6.07) is 0. The second kappa shape index (κ2) is 11.1. The lowest BCUT2D eigenvalue weighted by Crippen LogP contribution is -2.41. The Hall–Kier alpha value is -0.840. The molecule has 0 saturated heterocycles. The number of sulfone groups is 1. The highest BCUT2D eigenvalue weighted by molar-refractivity contribution is 14.0. The predicted molar refractivity (Wildman–Crippen MR) is 117 cm³/mol. The van der Waals surface area contributed by atoms with Crippen molar-refractivity contribution in [3.8, 4) is 0 Å². The van der Waals surface area contributed by atoms with E-state index in [4.69, 9.17) is 4.52 Å². The normalized spacial score (nSPS) is 12.6. The molecular formula is C17H33IN4O3S. The van der Waals surface area contributed by atoms with Crippen LogP contribution in [-0.2, 0) is 29.2 Å². The van der Waals surface area contributed by atoms with Gasteiger partial charge in [-0.15, -0.1) is 24.0 Å². The maximum atomic E-state index is 12.2. The quantitative estimate of drug-likeness (QED) is 0.324. The molecule has 0 bridgehead atoms. The van der Waals surface area contributed by atoms with Gasteiger partial charge in [0.1, 0.15) is 5.76 Å². The fourth-order valence-electron chi connectivity index (χ4n) is 2.23.